The molecule has 21 heavy (non-hydrogen) atoms. The van der Waals surface area contributed by atoms with E-state index in [9.17, 15) is 9.18 Å². The molecule has 1 aliphatic heterocycles. The van der Waals surface area contributed by atoms with Crippen LogP contribution in [-0.2, 0) is 6.54 Å². The van der Waals surface area contributed by atoms with Crippen molar-refractivity contribution < 1.29 is 4.39 Å². The molecule has 0 saturated carbocycles. The highest BCUT2D eigenvalue weighted by Crippen LogP contribution is 2.13. The highest BCUT2D eigenvalue weighted by molar-refractivity contribution is 5.37. The van der Waals surface area contributed by atoms with E-state index >= 15 is 0 Å². The molecule has 2 aromatic rings. The van der Waals surface area contributed by atoms with E-state index in [4.69, 9.17) is 5.73 Å². The number of nitrogens with zero attached hydrogens (tertiary/aromatic N) is 3. The topological polar surface area (TPSA) is 64.2 Å². The number of hydrogen-bond donors (Lipinski definition) is 1. The highest BCUT2D eigenvalue weighted by Gasteiger charge is 2.22. The first-order chi connectivity index (χ1) is 10.1. The zero-order valence-corrected chi connectivity index (χ0v) is 11.6. The third kappa shape index (κ3) is 2.95. The number of rotatable bonds is 3. The molecule has 110 valence electrons. The van der Waals surface area contributed by atoms with Crippen molar-refractivity contribution >= 4 is 5.82 Å². The molecule has 0 spiro atoms. The predicted octanol–water partition coefficient (Wildman–Crippen LogP) is 0.968. The monoisotopic (exact) mass is 288 g/mol. The second-order valence-electron chi connectivity index (χ2n) is 5.31. The minimum absolute atomic E-state index is 0.0862. The molecule has 0 aliphatic carbocycles. The van der Waals surface area contributed by atoms with Crippen LogP contribution in [0.3, 0.4) is 0 Å². The fraction of sp³-hybridized carbons (Fsp3) is 0.333. The van der Waals surface area contributed by atoms with Gasteiger partial charge in [-0.2, -0.15) is 0 Å². The number of halogens is 1. The van der Waals surface area contributed by atoms with E-state index in [2.05, 4.69) is 4.98 Å². The first-order valence-corrected chi connectivity index (χ1v) is 6.94. The molecule has 1 aromatic heterocycles. The highest BCUT2D eigenvalue weighted by atomic mass is 19.1. The largest absolute Gasteiger partial charge is 0.350 e. The maximum atomic E-state index is 13.2. The summed E-state index contributed by atoms with van der Waals surface area (Å²) in [7, 11) is 0. The smallest absolute Gasteiger partial charge is 0.293 e. The molecule has 1 atom stereocenters. The van der Waals surface area contributed by atoms with Gasteiger partial charge in [0.1, 0.15) is 5.82 Å². The summed E-state index contributed by atoms with van der Waals surface area (Å²) in [6.07, 6.45) is 4.08. The normalized spacial score (nSPS) is 18.2. The third-order valence-corrected chi connectivity index (χ3v) is 3.66. The molecule has 0 bridgehead atoms. The average Bonchev–Trinajstić information content (AvgIpc) is 2.88. The van der Waals surface area contributed by atoms with E-state index in [1.165, 1.54) is 12.1 Å². The van der Waals surface area contributed by atoms with E-state index in [0.717, 1.165) is 18.5 Å². The number of nitrogens with two attached hydrogens (primary N) is 1. The van der Waals surface area contributed by atoms with Crippen molar-refractivity contribution in [2.45, 2.75) is 19.0 Å². The van der Waals surface area contributed by atoms with Gasteiger partial charge in [-0.15, -0.1) is 0 Å². The van der Waals surface area contributed by atoms with Crippen molar-refractivity contribution in [1.29, 1.82) is 0 Å². The van der Waals surface area contributed by atoms with Crippen LogP contribution in [0.15, 0.2) is 41.5 Å². The third-order valence-electron chi connectivity index (χ3n) is 3.66. The van der Waals surface area contributed by atoms with Gasteiger partial charge in [0.25, 0.3) is 5.56 Å². The second-order valence-corrected chi connectivity index (χ2v) is 5.31. The van der Waals surface area contributed by atoms with Gasteiger partial charge in [-0.3, -0.25) is 4.79 Å². The summed E-state index contributed by atoms with van der Waals surface area (Å²) >= 11 is 0. The zero-order valence-electron chi connectivity index (χ0n) is 11.6. The molecule has 0 unspecified atom stereocenters. The van der Waals surface area contributed by atoms with Gasteiger partial charge >= 0.3 is 0 Å². The van der Waals surface area contributed by atoms with Crippen LogP contribution in [0.5, 0.6) is 0 Å². The molecule has 2 N–H and O–H groups in total. The van der Waals surface area contributed by atoms with Gasteiger partial charge in [0.2, 0.25) is 0 Å². The fourth-order valence-corrected chi connectivity index (χ4v) is 2.59. The molecule has 2 heterocycles. The van der Waals surface area contributed by atoms with Gasteiger partial charge in [0, 0.05) is 31.5 Å². The standard InChI is InChI=1S/C15H17FN4O/c16-12-3-1-2-11(8-12)9-20-7-5-18-14(15(20)21)19-6-4-13(17)10-19/h1-3,5,7-8,13H,4,6,9-10,17H2/t13-/m1/s1. The molecule has 1 aliphatic rings. The molecule has 6 heteroatoms. The summed E-state index contributed by atoms with van der Waals surface area (Å²) < 4.78 is 14.8. The summed E-state index contributed by atoms with van der Waals surface area (Å²) in [6.45, 7) is 1.71. The second kappa shape index (κ2) is 5.65. The van der Waals surface area contributed by atoms with Gasteiger partial charge in [-0.1, -0.05) is 12.1 Å². The molecule has 3 rings (SSSR count). The Morgan fingerprint density at radius 3 is 3.00 bits per heavy atom. The lowest BCUT2D eigenvalue weighted by atomic mass is 10.2. The number of hydrogen-bond acceptors (Lipinski definition) is 4. The zero-order chi connectivity index (χ0) is 14.8. The predicted molar refractivity (Wildman–Crippen MR) is 78.8 cm³/mol. The lowest BCUT2D eigenvalue weighted by Gasteiger charge is -2.17. The minimum Gasteiger partial charge on any atom is -0.350 e. The van der Waals surface area contributed by atoms with E-state index < -0.39 is 0 Å². The van der Waals surface area contributed by atoms with Gasteiger partial charge in [-0.25, -0.2) is 9.37 Å². The lowest BCUT2D eigenvalue weighted by Crippen LogP contribution is -2.33. The first kappa shape index (κ1) is 13.8. The Bertz CT molecular complexity index is 700. The Balaban J connectivity index is 1.88. The Labute approximate surface area is 121 Å². The molecular weight excluding hydrogens is 271 g/mol. The molecule has 1 saturated heterocycles. The van der Waals surface area contributed by atoms with Crippen molar-refractivity contribution in [3.8, 4) is 0 Å². The van der Waals surface area contributed by atoms with Gasteiger partial charge < -0.3 is 15.2 Å². The van der Waals surface area contributed by atoms with Gasteiger partial charge in [0.05, 0.1) is 6.54 Å². The van der Waals surface area contributed by atoms with Gasteiger partial charge in [0.15, 0.2) is 5.82 Å². The lowest BCUT2D eigenvalue weighted by molar-refractivity contribution is 0.622. The molecule has 1 aromatic carbocycles. The van der Waals surface area contributed by atoms with E-state index in [-0.39, 0.29) is 17.4 Å². The molecule has 0 amide bonds. The van der Waals surface area contributed by atoms with Crippen LogP contribution in [0.1, 0.15) is 12.0 Å². The molecule has 5 nitrogen and oxygen atoms in total. The van der Waals surface area contributed by atoms with Crippen LogP contribution in [0, 0.1) is 5.82 Å². The van der Waals surface area contributed by atoms with Crippen LogP contribution in [0.2, 0.25) is 0 Å². The maximum Gasteiger partial charge on any atom is 0.293 e. The maximum absolute atomic E-state index is 13.2. The Hall–Kier alpha value is -2.21. The van der Waals surface area contributed by atoms with E-state index in [0.29, 0.717) is 18.9 Å². The summed E-state index contributed by atoms with van der Waals surface area (Å²) in [4.78, 5) is 18.6. The summed E-state index contributed by atoms with van der Waals surface area (Å²) in [5.74, 6) is 0.113. The van der Waals surface area contributed by atoms with Crippen molar-refractivity contribution in [2.75, 3.05) is 18.0 Å². The fourth-order valence-electron chi connectivity index (χ4n) is 2.59. The average molecular weight is 288 g/mol. The summed E-state index contributed by atoms with van der Waals surface area (Å²) in [6, 6.07) is 6.33. The van der Waals surface area contributed by atoms with Crippen LogP contribution >= 0.6 is 0 Å². The minimum atomic E-state index is -0.305. The number of aromatic nitrogens is 2. The Morgan fingerprint density at radius 2 is 2.29 bits per heavy atom. The van der Waals surface area contributed by atoms with Crippen LogP contribution < -0.4 is 16.2 Å². The molecular formula is C15H17FN4O. The van der Waals surface area contributed by atoms with Crippen molar-refractivity contribution in [3.63, 3.8) is 0 Å². The van der Waals surface area contributed by atoms with Crippen molar-refractivity contribution in [1.82, 2.24) is 9.55 Å². The van der Waals surface area contributed by atoms with Crippen molar-refractivity contribution in [2.24, 2.45) is 5.73 Å². The van der Waals surface area contributed by atoms with Crippen LogP contribution in [-0.4, -0.2) is 28.7 Å². The summed E-state index contributed by atoms with van der Waals surface area (Å²) in [5, 5.41) is 0. The van der Waals surface area contributed by atoms with E-state index in [1.807, 2.05) is 4.90 Å². The van der Waals surface area contributed by atoms with Crippen LogP contribution in [0.4, 0.5) is 10.2 Å². The van der Waals surface area contributed by atoms with E-state index in [1.54, 1.807) is 29.1 Å². The quantitative estimate of drug-likeness (QED) is 0.914. The SMILES string of the molecule is N[C@@H]1CCN(c2nccn(Cc3cccc(F)c3)c2=O)C1. The Morgan fingerprint density at radius 1 is 1.43 bits per heavy atom. The van der Waals surface area contributed by atoms with Crippen LogP contribution in [0.25, 0.3) is 0 Å². The van der Waals surface area contributed by atoms with Gasteiger partial charge in [-0.05, 0) is 24.1 Å². The summed E-state index contributed by atoms with van der Waals surface area (Å²) in [5.41, 5.74) is 6.44. The molecule has 0 radical (unpaired) electrons. The molecule has 1 fully saturated rings. The Kier molecular flexibility index (Phi) is 3.70. The number of anilines is 1. The first-order valence-electron chi connectivity index (χ1n) is 6.94. The number of benzene rings is 1. The van der Waals surface area contributed by atoms with Crippen molar-refractivity contribution in [3.05, 3.63) is 58.4 Å².